The maximum Gasteiger partial charge on any atom is 0.330 e. The van der Waals surface area contributed by atoms with E-state index < -0.39 is 29.4 Å². The number of nitrogens with zero attached hydrogens (tertiary/aromatic N) is 2. The molecule has 2 heterocycles. The van der Waals surface area contributed by atoms with E-state index in [1.54, 1.807) is 23.6 Å². The van der Waals surface area contributed by atoms with E-state index in [2.05, 4.69) is 5.32 Å². The Kier molecular flexibility index (Phi) is 5.09. The highest BCUT2D eigenvalue weighted by Gasteiger charge is 2.53. The fraction of sp³-hybridized carbons (Fsp3) is 0.471. The van der Waals surface area contributed by atoms with Crippen LogP contribution in [0.2, 0.25) is 0 Å². The van der Waals surface area contributed by atoms with Gasteiger partial charge in [0, 0.05) is 30.0 Å². The molecule has 0 saturated carbocycles. The SMILES string of the molecule is Cc1cc([N+](=O)[O-])ccc1NC(=O)COC(=O)[C@@H]1CS[C@]2(C)CCC(=O)N12. The molecule has 1 aromatic rings. The van der Waals surface area contributed by atoms with Crippen molar-refractivity contribution in [1.82, 2.24) is 4.90 Å². The van der Waals surface area contributed by atoms with Crippen molar-refractivity contribution in [2.24, 2.45) is 0 Å². The van der Waals surface area contributed by atoms with Gasteiger partial charge in [0.2, 0.25) is 5.91 Å². The molecule has 27 heavy (non-hydrogen) atoms. The molecule has 0 unspecified atom stereocenters. The maximum atomic E-state index is 12.3. The maximum absolute atomic E-state index is 12.3. The first-order valence-corrected chi connectivity index (χ1v) is 9.37. The second kappa shape index (κ2) is 7.18. The molecule has 2 saturated heterocycles. The first-order valence-electron chi connectivity index (χ1n) is 8.39. The Balaban J connectivity index is 1.56. The number of ether oxygens (including phenoxy) is 1. The summed E-state index contributed by atoms with van der Waals surface area (Å²) < 4.78 is 5.10. The molecule has 2 amide bonds. The van der Waals surface area contributed by atoms with E-state index >= 15 is 0 Å². The average molecular weight is 393 g/mol. The van der Waals surface area contributed by atoms with Gasteiger partial charge in [0.25, 0.3) is 11.6 Å². The van der Waals surface area contributed by atoms with Crippen LogP contribution in [0.25, 0.3) is 0 Å². The minimum atomic E-state index is -0.677. The number of anilines is 1. The molecular weight excluding hydrogens is 374 g/mol. The van der Waals surface area contributed by atoms with Gasteiger partial charge in [-0.2, -0.15) is 0 Å². The summed E-state index contributed by atoms with van der Waals surface area (Å²) in [4.78, 5) is 47.8. The first-order chi connectivity index (χ1) is 12.7. The number of esters is 1. The smallest absolute Gasteiger partial charge is 0.330 e. The highest BCUT2D eigenvalue weighted by molar-refractivity contribution is 8.01. The molecule has 9 nitrogen and oxygen atoms in total. The van der Waals surface area contributed by atoms with Crippen molar-refractivity contribution in [3.05, 3.63) is 33.9 Å². The van der Waals surface area contributed by atoms with Gasteiger partial charge in [0.1, 0.15) is 6.04 Å². The van der Waals surface area contributed by atoms with Gasteiger partial charge < -0.3 is 15.0 Å². The molecule has 0 spiro atoms. The minimum Gasteiger partial charge on any atom is -0.454 e. The first kappa shape index (κ1) is 19.2. The lowest BCUT2D eigenvalue weighted by molar-refractivity contribution is -0.384. The van der Waals surface area contributed by atoms with Crippen LogP contribution in [0.3, 0.4) is 0 Å². The molecule has 0 radical (unpaired) electrons. The fourth-order valence-electron chi connectivity index (χ4n) is 3.32. The summed E-state index contributed by atoms with van der Waals surface area (Å²) in [6, 6.07) is 3.38. The van der Waals surface area contributed by atoms with E-state index in [9.17, 15) is 24.5 Å². The molecule has 10 heteroatoms. The topological polar surface area (TPSA) is 119 Å². The molecule has 1 N–H and O–H groups in total. The highest BCUT2D eigenvalue weighted by Crippen LogP contribution is 2.47. The van der Waals surface area contributed by atoms with Crippen LogP contribution in [0.15, 0.2) is 18.2 Å². The van der Waals surface area contributed by atoms with E-state index in [0.29, 0.717) is 29.8 Å². The third kappa shape index (κ3) is 3.75. The summed E-state index contributed by atoms with van der Waals surface area (Å²) in [6.45, 7) is 3.07. The molecule has 0 aliphatic carbocycles. The van der Waals surface area contributed by atoms with E-state index in [-0.39, 0.29) is 16.5 Å². The van der Waals surface area contributed by atoms with Crippen LogP contribution in [-0.2, 0) is 19.1 Å². The Hall–Kier alpha value is -2.62. The number of aryl methyl sites for hydroxylation is 1. The molecular formula is C17H19N3O6S. The highest BCUT2D eigenvalue weighted by atomic mass is 32.2. The minimum absolute atomic E-state index is 0.0737. The van der Waals surface area contributed by atoms with E-state index in [1.165, 1.54) is 18.2 Å². The number of fused-ring (bicyclic) bond motifs is 1. The van der Waals surface area contributed by atoms with Crippen molar-refractivity contribution in [1.29, 1.82) is 0 Å². The van der Waals surface area contributed by atoms with Crippen LogP contribution in [0.1, 0.15) is 25.3 Å². The summed E-state index contributed by atoms with van der Waals surface area (Å²) >= 11 is 1.55. The quantitative estimate of drug-likeness (QED) is 0.460. The number of thioether (sulfide) groups is 1. The van der Waals surface area contributed by atoms with Gasteiger partial charge in [-0.25, -0.2) is 4.79 Å². The number of nitro benzene ring substituents is 1. The second-order valence-corrected chi connectivity index (χ2v) is 8.18. The largest absolute Gasteiger partial charge is 0.454 e. The van der Waals surface area contributed by atoms with Crippen molar-refractivity contribution < 1.29 is 24.0 Å². The molecule has 3 rings (SSSR count). The average Bonchev–Trinajstić information content (AvgIpc) is 3.10. The summed E-state index contributed by atoms with van der Waals surface area (Å²) in [5.41, 5.74) is 0.851. The predicted molar refractivity (Wildman–Crippen MR) is 98.2 cm³/mol. The zero-order valence-corrected chi connectivity index (χ0v) is 15.7. The van der Waals surface area contributed by atoms with Gasteiger partial charge in [0.05, 0.1) is 9.79 Å². The van der Waals surface area contributed by atoms with Gasteiger partial charge in [-0.3, -0.25) is 19.7 Å². The Bertz CT molecular complexity index is 829. The molecule has 0 bridgehead atoms. The Morgan fingerprint density at radius 3 is 2.89 bits per heavy atom. The standard InChI is InChI=1S/C17H19N3O6S/c1-10-7-11(20(24)25)3-4-12(10)18-14(21)8-26-16(23)13-9-27-17(2)6-5-15(22)19(13)17/h3-4,7,13H,5-6,8-9H2,1-2H3,(H,18,21)/t13-,17+/m0/s1. The van der Waals surface area contributed by atoms with Gasteiger partial charge in [0.15, 0.2) is 6.61 Å². The van der Waals surface area contributed by atoms with E-state index in [4.69, 9.17) is 4.74 Å². The number of nitro groups is 1. The summed E-state index contributed by atoms with van der Waals surface area (Å²) in [5, 5.41) is 13.3. The Labute approximate surface area is 159 Å². The number of rotatable bonds is 5. The zero-order chi connectivity index (χ0) is 19.8. The number of carbonyl (C=O) groups excluding carboxylic acids is 3. The zero-order valence-electron chi connectivity index (χ0n) is 14.9. The summed E-state index contributed by atoms with van der Waals surface area (Å²) in [5.74, 6) is -0.779. The monoisotopic (exact) mass is 393 g/mol. The molecule has 2 aliphatic rings. The number of nitrogens with one attached hydrogen (secondary N) is 1. The molecule has 144 valence electrons. The number of carbonyl (C=O) groups is 3. The molecule has 2 atom stereocenters. The lowest BCUT2D eigenvalue weighted by Gasteiger charge is -2.29. The van der Waals surface area contributed by atoms with Gasteiger partial charge in [-0.05, 0) is 31.9 Å². The molecule has 1 aromatic carbocycles. The van der Waals surface area contributed by atoms with Gasteiger partial charge in [-0.1, -0.05) is 0 Å². The third-order valence-electron chi connectivity index (χ3n) is 4.76. The van der Waals surface area contributed by atoms with Crippen LogP contribution in [0, 0.1) is 17.0 Å². The molecule has 0 aromatic heterocycles. The number of benzene rings is 1. The van der Waals surface area contributed by atoms with Crippen molar-refractivity contribution in [2.45, 2.75) is 37.6 Å². The van der Waals surface area contributed by atoms with Crippen LogP contribution >= 0.6 is 11.8 Å². The van der Waals surface area contributed by atoms with Gasteiger partial charge in [-0.15, -0.1) is 11.8 Å². The fourth-order valence-corrected chi connectivity index (χ4v) is 4.73. The normalized spacial score (nSPS) is 23.9. The van der Waals surface area contributed by atoms with Crippen molar-refractivity contribution in [2.75, 3.05) is 17.7 Å². The Morgan fingerprint density at radius 2 is 2.22 bits per heavy atom. The predicted octanol–water partition coefficient (Wildman–Crippen LogP) is 1.84. The number of hydrogen-bond donors (Lipinski definition) is 1. The molecule has 2 fully saturated rings. The van der Waals surface area contributed by atoms with Crippen LogP contribution in [0.4, 0.5) is 11.4 Å². The summed E-state index contributed by atoms with van der Waals surface area (Å²) in [7, 11) is 0. The van der Waals surface area contributed by atoms with Crippen molar-refractivity contribution >= 4 is 40.9 Å². The third-order valence-corrected chi connectivity index (χ3v) is 6.26. The number of amides is 2. The lowest BCUT2D eigenvalue weighted by Crippen LogP contribution is -2.47. The van der Waals surface area contributed by atoms with Crippen molar-refractivity contribution in [3.8, 4) is 0 Å². The van der Waals surface area contributed by atoms with Crippen LogP contribution in [0.5, 0.6) is 0 Å². The second-order valence-electron chi connectivity index (χ2n) is 6.68. The van der Waals surface area contributed by atoms with Crippen LogP contribution < -0.4 is 5.32 Å². The van der Waals surface area contributed by atoms with Gasteiger partial charge >= 0.3 is 5.97 Å². The lowest BCUT2D eigenvalue weighted by atomic mass is 10.2. The van der Waals surface area contributed by atoms with Crippen molar-refractivity contribution in [3.63, 3.8) is 0 Å². The number of non-ortho nitro benzene ring substituents is 1. The molecule has 2 aliphatic heterocycles. The van der Waals surface area contributed by atoms with E-state index in [0.717, 1.165) is 0 Å². The number of hydrogen-bond acceptors (Lipinski definition) is 7. The van der Waals surface area contributed by atoms with Crippen LogP contribution in [-0.4, -0.2) is 50.9 Å². The van der Waals surface area contributed by atoms with E-state index in [1.807, 2.05) is 6.92 Å². The Morgan fingerprint density at radius 1 is 1.48 bits per heavy atom. The summed E-state index contributed by atoms with van der Waals surface area (Å²) in [6.07, 6.45) is 1.10.